The fourth-order valence-corrected chi connectivity index (χ4v) is 3.23. The van der Waals surface area contributed by atoms with E-state index in [2.05, 4.69) is 23.3 Å². The highest BCUT2D eigenvalue weighted by Crippen LogP contribution is 2.20. The first-order valence-electron chi connectivity index (χ1n) is 9.01. The van der Waals surface area contributed by atoms with Crippen LogP contribution in [0.5, 0.6) is 0 Å². The average Bonchev–Trinajstić information content (AvgIpc) is 2.74. The molecule has 0 N–H and O–H groups in total. The fourth-order valence-electron chi connectivity index (χ4n) is 3.23. The van der Waals surface area contributed by atoms with Crippen molar-refractivity contribution in [2.24, 2.45) is 0 Å². The molecule has 0 aliphatic heterocycles. The Bertz CT molecular complexity index is 1190. The molecule has 5 nitrogen and oxygen atoms in total. The second kappa shape index (κ2) is 7.48. The first kappa shape index (κ1) is 17.7. The highest BCUT2D eigenvalue weighted by atomic mass is 16.2. The van der Waals surface area contributed by atoms with E-state index < -0.39 is 0 Å². The summed E-state index contributed by atoms with van der Waals surface area (Å²) in [4.78, 5) is 26.7. The van der Waals surface area contributed by atoms with Crippen LogP contribution in [-0.4, -0.2) is 27.6 Å². The minimum absolute atomic E-state index is 0.228. The van der Waals surface area contributed by atoms with Gasteiger partial charge in [0.15, 0.2) is 0 Å². The fraction of sp³-hybridized carbons (Fsp3) is 0.0870. The van der Waals surface area contributed by atoms with Crippen LogP contribution in [0.1, 0.15) is 16.1 Å². The van der Waals surface area contributed by atoms with Gasteiger partial charge in [0.05, 0.1) is 5.69 Å². The van der Waals surface area contributed by atoms with E-state index in [1.807, 2.05) is 42.5 Å². The summed E-state index contributed by atoms with van der Waals surface area (Å²) in [6.07, 6.45) is 0. The van der Waals surface area contributed by atoms with Gasteiger partial charge in [-0.25, -0.2) is 0 Å². The Morgan fingerprint density at radius 2 is 1.61 bits per heavy atom. The van der Waals surface area contributed by atoms with Gasteiger partial charge in [0.2, 0.25) is 0 Å². The molecule has 5 heteroatoms. The Kier molecular flexibility index (Phi) is 4.72. The second-order valence-electron chi connectivity index (χ2n) is 6.60. The van der Waals surface area contributed by atoms with Gasteiger partial charge in [-0.15, -0.1) is 0 Å². The van der Waals surface area contributed by atoms with E-state index in [4.69, 9.17) is 0 Å². The largest absolute Gasteiger partial charge is 0.336 e. The summed E-state index contributed by atoms with van der Waals surface area (Å²) in [7, 11) is 1.74. The normalized spacial score (nSPS) is 10.8. The highest BCUT2D eigenvalue weighted by Gasteiger charge is 2.16. The second-order valence-corrected chi connectivity index (χ2v) is 6.60. The first-order valence-corrected chi connectivity index (χ1v) is 9.01. The Labute approximate surface area is 162 Å². The van der Waals surface area contributed by atoms with Crippen molar-refractivity contribution in [3.8, 4) is 5.69 Å². The molecule has 0 fully saturated rings. The third kappa shape index (κ3) is 3.42. The molecule has 4 rings (SSSR count). The molecule has 0 unspecified atom stereocenters. The van der Waals surface area contributed by atoms with Crippen LogP contribution in [0.2, 0.25) is 0 Å². The van der Waals surface area contributed by atoms with Gasteiger partial charge >= 0.3 is 0 Å². The van der Waals surface area contributed by atoms with E-state index in [1.165, 1.54) is 16.8 Å². The third-order valence-corrected chi connectivity index (χ3v) is 4.65. The van der Waals surface area contributed by atoms with E-state index >= 15 is 0 Å². The predicted octanol–water partition coefficient (Wildman–Crippen LogP) is 3.66. The third-order valence-electron chi connectivity index (χ3n) is 4.65. The van der Waals surface area contributed by atoms with Crippen LogP contribution in [0.25, 0.3) is 16.5 Å². The van der Waals surface area contributed by atoms with Crippen molar-refractivity contribution in [1.82, 2.24) is 14.7 Å². The van der Waals surface area contributed by atoms with Crippen molar-refractivity contribution in [3.63, 3.8) is 0 Å². The van der Waals surface area contributed by atoms with Crippen LogP contribution in [0.4, 0.5) is 0 Å². The minimum atomic E-state index is -0.278. The number of nitrogens with zero attached hydrogens (tertiary/aromatic N) is 3. The monoisotopic (exact) mass is 369 g/mol. The van der Waals surface area contributed by atoms with Crippen LogP contribution in [0.3, 0.4) is 0 Å². The lowest BCUT2D eigenvalue weighted by molar-refractivity contribution is 0.0778. The number of amides is 1. The average molecular weight is 369 g/mol. The SMILES string of the molecule is CN(Cc1cccc2ccccc12)C(=O)c1ccc(=O)n(-c2ccccc2)n1. The molecule has 0 radical (unpaired) electrons. The maximum atomic E-state index is 12.9. The van der Waals surface area contributed by atoms with Crippen LogP contribution in [0.15, 0.2) is 89.7 Å². The van der Waals surface area contributed by atoms with E-state index in [-0.39, 0.29) is 17.2 Å². The lowest BCUT2D eigenvalue weighted by Gasteiger charge is -2.18. The number of aromatic nitrogens is 2. The molecule has 0 saturated heterocycles. The Morgan fingerprint density at radius 1 is 0.893 bits per heavy atom. The molecule has 1 heterocycles. The van der Waals surface area contributed by atoms with Gasteiger partial charge in [-0.3, -0.25) is 9.59 Å². The zero-order valence-electron chi connectivity index (χ0n) is 15.4. The maximum absolute atomic E-state index is 12.9. The number of benzene rings is 3. The van der Waals surface area contributed by atoms with Crippen LogP contribution < -0.4 is 5.56 Å². The molecule has 3 aromatic carbocycles. The van der Waals surface area contributed by atoms with E-state index in [0.29, 0.717) is 12.2 Å². The molecule has 1 amide bonds. The van der Waals surface area contributed by atoms with Gasteiger partial charge in [0.1, 0.15) is 5.69 Å². The number of hydrogen-bond acceptors (Lipinski definition) is 3. The quantitative estimate of drug-likeness (QED) is 0.552. The van der Waals surface area contributed by atoms with Crippen LogP contribution in [-0.2, 0) is 6.54 Å². The van der Waals surface area contributed by atoms with E-state index in [9.17, 15) is 9.59 Å². The molecule has 4 aromatic rings. The van der Waals surface area contributed by atoms with Crippen molar-refractivity contribution >= 4 is 16.7 Å². The van der Waals surface area contributed by atoms with E-state index in [1.54, 1.807) is 24.1 Å². The first-order chi connectivity index (χ1) is 13.6. The number of hydrogen-bond donors (Lipinski definition) is 0. The van der Waals surface area contributed by atoms with Crippen molar-refractivity contribution in [3.05, 3.63) is 107 Å². The molecular formula is C23H19N3O2. The molecule has 28 heavy (non-hydrogen) atoms. The summed E-state index contributed by atoms with van der Waals surface area (Å²) in [6.45, 7) is 0.451. The molecule has 0 atom stereocenters. The Hall–Kier alpha value is -3.73. The van der Waals surface area contributed by atoms with Crippen LogP contribution in [0, 0.1) is 0 Å². The summed E-state index contributed by atoms with van der Waals surface area (Å²) in [5.74, 6) is -0.238. The molecule has 0 saturated carbocycles. The molecule has 1 aromatic heterocycles. The number of carbonyl (C=O) groups is 1. The topological polar surface area (TPSA) is 55.2 Å². The van der Waals surface area contributed by atoms with E-state index in [0.717, 1.165) is 16.3 Å². The standard InChI is InChI=1S/C23H19N3O2/c1-25(16-18-10-7-9-17-8-5-6-13-20(17)18)23(28)21-14-15-22(27)26(24-21)19-11-3-2-4-12-19/h2-15H,16H2,1H3. The molecule has 0 bridgehead atoms. The number of carbonyl (C=O) groups excluding carboxylic acids is 1. The molecular weight excluding hydrogens is 350 g/mol. The lowest BCUT2D eigenvalue weighted by Crippen LogP contribution is -2.30. The minimum Gasteiger partial charge on any atom is -0.336 e. The van der Waals surface area contributed by atoms with Crippen molar-refractivity contribution in [2.75, 3.05) is 7.05 Å². The maximum Gasteiger partial charge on any atom is 0.274 e. The van der Waals surface area contributed by atoms with Crippen molar-refractivity contribution in [1.29, 1.82) is 0 Å². The highest BCUT2D eigenvalue weighted by molar-refractivity contribution is 5.92. The Morgan fingerprint density at radius 3 is 2.43 bits per heavy atom. The van der Waals surface area contributed by atoms with Gasteiger partial charge in [-0.1, -0.05) is 60.7 Å². The summed E-state index contributed by atoms with van der Waals surface area (Å²) in [6, 6.07) is 26.1. The van der Waals surface area contributed by atoms with Crippen LogP contribution >= 0.6 is 0 Å². The molecule has 138 valence electrons. The number of fused-ring (bicyclic) bond motifs is 1. The zero-order valence-corrected chi connectivity index (χ0v) is 15.4. The summed E-state index contributed by atoms with van der Waals surface area (Å²) >= 11 is 0. The van der Waals surface area contributed by atoms with Gasteiger partial charge < -0.3 is 4.90 Å². The van der Waals surface area contributed by atoms with Gasteiger partial charge in [-0.05, 0) is 34.5 Å². The predicted molar refractivity (Wildman–Crippen MR) is 110 cm³/mol. The van der Waals surface area contributed by atoms with Gasteiger partial charge in [0, 0.05) is 19.7 Å². The summed E-state index contributed by atoms with van der Waals surface area (Å²) < 4.78 is 1.25. The molecule has 0 aliphatic rings. The van der Waals surface area contributed by atoms with Gasteiger partial charge in [-0.2, -0.15) is 9.78 Å². The van der Waals surface area contributed by atoms with Crippen molar-refractivity contribution < 1.29 is 4.79 Å². The summed E-state index contributed by atoms with van der Waals surface area (Å²) in [5.41, 5.74) is 1.63. The smallest absolute Gasteiger partial charge is 0.274 e. The number of rotatable bonds is 4. The number of para-hydroxylation sites is 1. The lowest BCUT2D eigenvalue weighted by atomic mass is 10.0. The zero-order chi connectivity index (χ0) is 19.5. The molecule has 0 spiro atoms. The Balaban J connectivity index is 1.63. The molecule has 0 aliphatic carbocycles. The van der Waals surface area contributed by atoms with Gasteiger partial charge in [0.25, 0.3) is 11.5 Å². The summed E-state index contributed by atoms with van der Waals surface area (Å²) in [5, 5.41) is 6.53. The van der Waals surface area contributed by atoms with Crippen molar-refractivity contribution in [2.45, 2.75) is 6.54 Å².